The number of hydrogen-bond donors (Lipinski definition) is 4. The molecule has 0 aromatic rings. The lowest BCUT2D eigenvalue weighted by atomic mass is 9.87. The van der Waals surface area contributed by atoms with E-state index in [0.29, 0.717) is 32.1 Å². The first-order valence-corrected chi connectivity index (χ1v) is 7.76. The number of nitrogens with one attached hydrogen (secondary N) is 2. The number of carbonyl (C=O) groups is 4. The molecule has 0 fully saturated rings. The highest BCUT2D eigenvalue weighted by atomic mass is 16.5. The highest BCUT2D eigenvalue weighted by Gasteiger charge is 2.43. The smallest absolute Gasteiger partial charge is 0.315 e. The zero-order valence-electron chi connectivity index (χ0n) is 14.4. The molecule has 0 saturated carbocycles. The summed E-state index contributed by atoms with van der Waals surface area (Å²) in [6.45, 7) is -1.02. The molecule has 0 radical (unpaired) electrons. The van der Waals surface area contributed by atoms with Crippen molar-refractivity contribution in [3.63, 3.8) is 0 Å². The summed E-state index contributed by atoms with van der Waals surface area (Å²) in [7, 11) is 2.35. The summed E-state index contributed by atoms with van der Waals surface area (Å²) in [5, 5.41) is 23.4. The Kier molecular flexibility index (Phi) is 11.1. The fraction of sp³-hybridized carbons (Fsp3) is 0.733. The molecule has 0 saturated heterocycles. The summed E-state index contributed by atoms with van der Waals surface area (Å²) >= 11 is 0. The van der Waals surface area contributed by atoms with E-state index in [2.05, 4.69) is 20.1 Å². The Morgan fingerprint density at radius 1 is 1.00 bits per heavy atom. The van der Waals surface area contributed by atoms with Crippen LogP contribution in [-0.4, -0.2) is 68.1 Å². The van der Waals surface area contributed by atoms with Crippen molar-refractivity contribution in [1.82, 2.24) is 10.6 Å². The Labute approximate surface area is 145 Å². The molecule has 0 aliphatic heterocycles. The topological polar surface area (TPSA) is 151 Å². The number of esters is 2. The van der Waals surface area contributed by atoms with Crippen molar-refractivity contribution in [3.05, 3.63) is 0 Å². The van der Waals surface area contributed by atoms with Gasteiger partial charge in [0.05, 0.1) is 33.4 Å². The van der Waals surface area contributed by atoms with Gasteiger partial charge < -0.3 is 30.3 Å². The maximum Gasteiger partial charge on any atom is 0.315 e. The number of rotatable bonds is 14. The summed E-state index contributed by atoms with van der Waals surface area (Å²) in [5.74, 6) is -3.21. The number of amides is 2. The minimum Gasteiger partial charge on any atom is -0.469 e. The van der Waals surface area contributed by atoms with Gasteiger partial charge in [-0.05, 0) is 19.3 Å². The van der Waals surface area contributed by atoms with E-state index in [1.54, 1.807) is 0 Å². The molecule has 0 bridgehead atoms. The Morgan fingerprint density at radius 3 is 1.96 bits per heavy atom. The van der Waals surface area contributed by atoms with E-state index < -0.39 is 36.0 Å². The number of methoxy groups -OCH3 is 2. The lowest BCUT2D eigenvalue weighted by molar-refractivity contribution is -0.152. The van der Waals surface area contributed by atoms with Gasteiger partial charge in [0.2, 0.25) is 12.8 Å². The van der Waals surface area contributed by atoms with Gasteiger partial charge in [0, 0.05) is 0 Å². The third-order valence-electron chi connectivity index (χ3n) is 4.02. The first-order chi connectivity index (χ1) is 12.0. The van der Waals surface area contributed by atoms with Crippen molar-refractivity contribution in [2.24, 2.45) is 11.8 Å². The van der Waals surface area contributed by atoms with Gasteiger partial charge in [0.15, 0.2) is 0 Å². The Hall–Kier alpha value is -2.20. The van der Waals surface area contributed by atoms with E-state index in [0.717, 1.165) is 7.11 Å². The van der Waals surface area contributed by atoms with Crippen LogP contribution in [0.1, 0.15) is 25.7 Å². The zero-order valence-corrected chi connectivity index (χ0v) is 14.4. The van der Waals surface area contributed by atoms with Crippen LogP contribution in [0, 0.1) is 11.8 Å². The monoisotopic (exact) mass is 362 g/mol. The molecule has 4 N–H and O–H groups in total. The Balaban J connectivity index is 5.05. The molecule has 0 rings (SSSR count). The molecular formula is C15H26N2O8. The Bertz CT molecular complexity index is 433. The van der Waals surface area contributed by atoms with E-state index in [-0.39, 0.29) is 13.0 Å². The molecule has 0 aromatic carbocycles. The average Bonchev–Trinajstić information content (AvgIpc) is 2.61. The molecule has 2 atom stereocenters. The van der Waals surface area contributed by atoms with Crippen LogP contribution in [-0.2, 0) is 28.7 Å². The molecule has 0 aliphatic carbocycles. The molecule has 0 spiro atoms. The predicted molar refractivity (Wildman–Crippen MR) is 84.8 cm³/mol. The molecule has 10 heteroatoms. The summed E-state index contributed by atoms with van der Waals surface area (Å²) < 4.78 is 9.17. The fourth-order valence-corrected chi connectivity index (χ4v) is 2.59. The van der Waals surface area contributed by atoms with Gasteiger partial charge in [0.25, 0.3) is 0 Å². The van der Waals surface area contributed by atoms with E-state index >= 15 is 0 Å². The lowest BCUT2D eigenvalue weighted by Gasteiger charge is -2.37. The van der Waals surface area contributed by atoms with Crippen LogP contribution in [0.4, 0.5) is 0 Å². The van der Waals surface area contributed by atoms with Gasteiger partial charge in [-0.3, -0.25) is 19.2 Å². The fourth-order valence-electron chi connectivity index (χ4n) is 2.59. The van der Waals surface area contributed by atoms with Crippen LogP contribution in [0.25, 0.3) is 0 Å². The quantitative estimate of drug-likeness (QED) is 0.123. The maximum atomic E-state index is 11.9. The minimum absolute atomic E-state index is 0.101. The van der Waals surface area contributed by atoms with Crippen molar-refractivity contribution in [3.8, 4) is 0 Å². The van der Waals surface area contributed by atoms with Gasteiger partial charge in [-0.25, -0.2) is 0 Å². The summed E-state index contributed by atoms with van der Waals surface area (Å²) in [5.41, 5.74) is -1.52. The number of unbranched alkanes of at least 4 members (excludes halogenated alkanes) is 1. The van der Waals surface area contributed by atoms with Crippen LogP contribution in [0.15, 0.2) is 0 Å². The highest BCUT2D eigenvalue weighted by molar-refractivity contribution is 5.75. The van der Waals surface area contributed by atoms with Crippen LogP contribution < -0.4 is 10.6 Å². The largest absolute Gasteiger partial charge is 0.469 e. The van der Waals surface area contributed by atoms with Crippen molar-refractivity contribution < 1.29 is 38.9 Å². The molecule has 10 nitrogen and oxygen atoms in total. The van der Waals surface area contributed by atoms with Crippen LogP contribution >= 0.6 is 0 Å². The number of carbonyl (C=O) groups excluding carboxylic acids is 4. The summed E-state index contributed by atoms with van der Waals surface area (Å²) in [4.78, 5) is 45.2. The van der Waals surface area contributed by atoms with Crippen molar-refractivity contribution in [2.75, 3.05) is 27.4 Å². The third-order valence-corrected chi connectivity index (χ3v) is 4.02. The summed E-state index contributed by atoms with van der Waals surface area (Å²) in [6, 6.07) is 0. The molecule has 25 heavy (non-hydrogen) atoms. The van der Waals surface area contributed by atoms with Gasteiger partial charge >= 0.3 is 11.9 Å². The lowest BCUT2D eigenvalue weighted by Crippen LogP contribution is -2.64. The Morgan fingerprint density at radius 2 is 1.56 bits per heavy atom. The van der Waals surface area contributed by atoms with E-state index in [1.165, 1.54) is 7.11 Å². The number of ether oxygens (including phenoxy) is 2. The minimum atomic E-state index is -1.52. The standard InChI is InChI=1S/C15H26N2O8/c1-24-13(22)11(7-18)5-3-4-6-15(16-9-20,17-10-21)12(8-19)14(23)25-2/h9-12,18-19H,3-8H2,1-2H3,(H,16,20)(H,17,21)/t11-,12-/m1/s1. The maximum absolute atomic E-state index is 11.9. The van der Waals surface area contributed by atoms with Crippen LogP contribution in [0.5, 0.6) is 0 Å². The normalized spacial score (nSPS) is 13.3. The van der Waals surface area contributed by atoms with Crippen molar-refractivity contribution in [1.29, 1.82) is 0 Å². The predicted octanol–water partition coefficient (Wildman–Crippen LogP) is -1.70. The third kappa shape index (κ3) is 6.67. The van der Waals surface area contributed by atoms with Gasteiger partial charge in [-0.15, -0.1) is 0 Å². The van der Waals surface area contributed by atoms with E-state index in [1.807, 2.05) is 0 Å². The van der Waals surface area contributed by atoms with Crippen LogP contribution in [0.3, 0.4) is 0 Å². The number of aliphatic hydroxyl groups is 2. The second kappa shape index (κ2) is 12.2. The first kappa shape index (κ1) is 22.8. The molecule has 0 aromatic heterocycles. The van der Waals surface area contributed by atoms with Gasteiger partial charge in [-0.1, -0.05) is 6.42 Å². The zero-order chi connectivity index (χ0) is 19.3. The van der Waals surface area contributed by atoms with E-state index in [4.69, 9.17) is 0 Å². The highest BCUT2D eigenvalue weighted by Crippen LogP contribution is 2.24. The first-order valence-electron chi connectivity index (χ1n) is 7.76. The van der Waals surface area contributed by atoms with Gasteiger partial charge in [0.1, 0.15) is 11.6 Å². The molecular weight excluding hydrogens is 336 g/mol. The van der Waals surface area contributed by atoms with Crippen molar-refractivity contribution in [2.45, 2.75) is 31.3 Å². The molecule has 0 unspecified atom stereocenters. The number of hydrogen-bond acceptors (Lipinski definition) is 8. The second-order valence-electron chi connectivity index (χ2n) is 5.40. The summed E-state index contributed by atoms with van der Waals surface area (Å²) in [6.07, 6.45) is 1.87. The van der Waals surface area contributed by atoms with Crippen LogP contribution in [0.2, 0.25) is 0 Å². The average molecular weight is 362 g/mol. The molecule has 2 amide bonds. The second-order valence-corrected chi connectivity index (χ2v) is 5.40. The van der Waals surface area contributed by atoms with Crippen molar-refractivity contribution >= 4 is 24.8 Å². The number of aliphatic hydroxyl groups excluding tert-OH is 2. The van der Waals surface area contributed by atoms with E-state index in [9.17, 15) is 29.4 Å². The van der Waals surface area contributed by atoms with Gasteiger partial charge in [-0.2, -0.15) is 0 Å². The SMILES string of the molecule is COC(=O)[C@@H](CO)CCCCC(NC=O)(NC=O)[C@H](CO)C(=O)OC. The molecule has 0 aliphatic rings. The molecule has 0 heterocycles. The molecule has 144 valence electrons.